The topological polar surface area (TPSA) is 42.2 Å². The molecule has 1 aliphatic carbocycles. The highest BCUT2D eigenvalue weighted by molar-refractivity contribution is 5.03. The first-order valence-electron chi connectivity index (χ1n) is 6.11. The third kappa shape index (κ3) is 2.60. The number of likely N-dealkylation sites (N-methyl/N-ethyl adjacent to an activating group) is 1. The molecule has 3 nitrogen and oxygen atoms in total. The minimum atomic E-state index is 0.524. The number of pyridine rings is 1. The molecule has 16 heavy (non-hydrogen) atoms. The van der Waals surface area contributed by atoms with Crippen molar-refractivity contribution in [2.45, 2.75) is 31.8 Å². The second-order valence-corrected chi connectivity index (χ2v) is 4.73. The first-order chi connectivity index (χ1) is 7.81. The molecule has 0 radical (unpaired) electrons. The molecule has 1 aromatic rings. The zero-order valence-corrected chi connectivity index (χ0v) is 9.97. The van der Waals surface area contributed by atoms with Gasteiger partial charge in [0, 0.05) is 25.3 Å². The second-order valence-electron chi connectivity index (χ2n) is 4.73. The van der Waals surface area contributed by atoms with E-state index in [2.05, 4.69) is 23.0 Å². The van der Waals surface area contributed by atoms with Crippen molar-refractivity contribution >= 4 is 0 Å². The number of rotatable bonds is 5. The van der Waals surface area contributed by atoms with E-state index in [0.29, 0.717) is 6.04 Å². The smallest absolute Gasteiger partial charge is 0.0543 e. The molecule has 0 aromatic carbocycles. The highest BCUT2D eigenvalue weighted by Gasteiger charge is 2.28. The van der Waals surface area contributed by atoms with E-state index in [-0.39, 0.29) is 0 Å². The molecule has 0 aliphatic heterocycles. The van der Waals surface area contributed by atoms with E-state index >= 15 is 0 Å². The largest absolute Gasteiger partial charge is 0.329 e. The van der Waals surface area contributed by atoms with Gasteiger partial charge in [-0.1, -0.05) is 12.5 Å². The standard InChI is InChI=1S/C13H21N3/c1-16(10-12-7-2-3-8-15-12)13(9-14)11-5-4-6-11/h2-3,7-8,11,13H,4-6,9-10,14H2,1H3. The van der Waals surface area contributed by atoms with Crippen LogP contribution in [0.5, 0.6) is 0 Å². The SMILES string of the molecule is CN(Cc1ccccn1)C(CN)C1CCC1. The molecule has 1 heterocycles. The summed E-state index contributed by atoms with van der Waals surface area (Å²) in [6.45, 7) is 1.66. The van der Waals surface area contributed by atoms with Gasteiger partial charge in [0.05, 0.1) is 5.69 Å². The van der Waals surface area contributed by atoms with Crippen LogP contribution in [0.2, 0.25) is 0 Å². The zero-order valence-electron chi connectivity index (χ0n) is 9.97. The molecule has 0 saturated heterocycles. The van der Waals surface area contributed by atoms with Gasteiger partial charge in [-0.25, -0.2) is 0 Å². The number of nitrogens with two attached hydrogens (primary N) is 1. The fourth-order valence-corrected chi connectivity index (χ4v) is 2.42. The Bertz CT molecular complexity index is 308. The van der Waals surface area contributed by atoms with Crippen LogP contribution in [0.1, 0.15) is 25.0 Å². The monoisotopic (exact) mass is 219 g/mol. The highest BCUT2D eigenvalue weighted by Crippen LogP contribution is 2.31. The van der Waals surface area contributed by atoms with Crippen LogP contribution in [0.3, 0.4) is 0 Å². The summed E-state index contributed by atoms with van der Waals surface area (Å²) in [6, 6.07) is 6.59. The summed E-state index contributed by atoms with van der Waals surface area (Å²) in [4.78, 5) is 6.71. The summed E-state index contributed by atoms with van der Waals surface area (Å²) in [5, 5.41) is 0. The average Bonchev–Trinajstić information content (AvgIpc) is 2.24. The van der Waals surface area contributed by atoms with Gasteiger partial charge in [0.1, 0.15) is 0 Å². The molecule has 2 rings (SSSR count). The Morgan fingerprint density at radius 3 is 2.81 bits per heavy atom. The van der Waals surface area contributed by atoms with Crippen molar-refractivity contribution in [2.24, 2.45) is 11.7 Å². The molecule has 0 spiro atoms. The number of aromatic nitrogens is 1. The van der Waals surface area contributed by atoms with Crippen molar-refractivity contribution in [3.8, 4) is 0 Å². The predicted molar refractivity (Wildman–Crippen MR) is 65.9 cm³/mol. The molecule has 1 aromatic heterocycles. The predicted octanol–water partition coefficient (Wildman–Crippen LogP) is 1.64. The van der Waals surface area contributed by atoms with Crippen molar-refractivity contribution in [1.82, 2.24) is 9.88 Å². The van der Waals surface area contributed by atoms with Crippen LogP contribution in [0.15, 0.2) is 24.4 Å². The van der Waals surface area contributed by atoms with Crippen LogP contribution in [0, 0.1) is 5.92 Å². The van der Waals surface area contributed by atoms with E-state index in [1.165, 1.54) is 19.3 Å². The first kappa shape index (κ1) is 11.6. The maximum absolute atomic E-state index is 5.88. The summed E-state index contributed by atoms with van der Waals surface area (Å²) >= 11 is 0. The van der Waals surface area contributed by atoms with E-state index in [9.17, 15) is 0 Å². The van der Waals surface area contributed by atoms with Gasteiger partial charge in [0.15, 0.2) is 0 Å². The average molecular weight is 219 g/mol. The van der Waals surface area contributed by atoms with E-state index in [4.69, 9.17) is 5.73 Å². The molecular formula is C13H21N3. The summed E-state index contributed by atoms with van der Waals surface area (Å²) in [7, 11) is 2.16. The number of hydrogen-bond donors (Lipinski definition) is 1. The molecule has 1 saturated carbocycles. The Morgan fingerprint density at radius 2 is 2.31 bits per heavy atom. The van der Waals surface area contributed by atoms with Crippen molar-refractivity contribution in [3.05, 3.63) is 30.1 Å². The van der Waals surface area contributed by atoms with E-state index in [0.717, 1.165) is 24.7 Å². The zero-order chi connectivity index (χ0) is 11.4. The molecule has 1 aliphatic rings. The Hall–Kier alpha value is -0.930. The Labute approximate surface area is 97.7 Å². The molecular weight excluding hydrogens is 198 g/mol. The number of hydrogen-bond acceptors (Lipinski definition) is 3. The second kappa shape index (κ2) is 5.41. The first-order valence-corrected chi connectivity index (χ1v) is 6.11. The quantitative estimate of drug-likeness (QED) is 0.818. The molecule has 88 valence electrons. The minimum absolute atomic E-state index is 0.524. The van der Waals surface area contributed by atoms with Gasteiger partial charge >= 0.3 is 0 Å². The van der Waals surface area contributed by atoms with Gasteiger partial charge < -0.3 is 5.73 Å². The van der Waals surface area contributed by atoms with Crippen LogP contribution in [0.4, 0.5) is 0 Å². The van der Waals surface area contributed by atoms with Crippen LogP contribution < -0.4 is 5.73 Å². The molecule has 1 fully saturated rings. The van der Waals surface area contributed by atoms with E-state index in [1.807, 2.05) is 18.3 Å². The van der Waals surface area contributed by atoms with Crippen LogP contribution in [-0.2, 0) is 6.54 Å². The fraction of sp³-hybridized carbons (Fsp3) is 0.615. The Balaban J connectivity index is 1.92. The third-order valence-corrected chi connectivity index (χ3v) is 3.64. The van der Waals surface area contributed by atoms with E-state index < -0.39 is 0 Å². The van der Waals surface area contributed by atoms with Crippen LogP contribution in [-0.4, -0.2) is 29.5 Å². The van der Waals surface area contributed by atoms with Gasteiger partial charge in [-0.3, -0.25) is 9.88 Å². The van der Waals surface area contributed by atoms with Gasteiger partial charge in [0.2, 0.25) is 0 Å². The van der Waals surface area contributed by atoms with Crippen LogP contribution >= 0.6 is 0 Å². The summed E-state index contributed by atoms with van der Waals surface area (Å²) in [6.07, 6.45) is 5.91. The molecule has 0 amide bonds. The molecule has 0 bridgehead atoms. The van der Waals surface area contributed by atoms with Gasteiger partial charge in [-0.05, 0) is 37.9 Å². The van der Waals surface area contributed by atoms with Crippen molar-refractivity contribution in [3.63, 3.8) is 0 Å². The summed E-state index contributed by atoms with van der Waals surface area (Å²) in [5.41, 5.74) is 7.00. The number of nitrogens with zero attached hydrogens (tertiary/aromatic N) is 2. The maximum Gasteiger partial charge on any atom is 0.0543 e. The fourth-order valence-electron chi connectivity index (χ4n) is 2.42. The van der Waals surface area contributed by atoms with Crippen molar-refractivity contribution in [2.75, 3.05) is 13.6 Å². The van der Waals surface area contributed by atoms with Gasteiger partial charge in [-0.15, -0.1) is 0 Å². The minimum Gasteiger partial charge on any atom is -0.329 e. The lowest BCUT2D eigenvalue weighted by molar-refractivity contribution is 0.117. The van der Waals surface area contributed by atoms with E-state index in [1.54, 1.807) is 0 Å². The molecule has 2 N–H and O–H groups in total. The van der Waals surface area contributed by atoms with Crippen molar-refractivity contribution in [1.29, 1.82) is 0 Å². The summed E-state index contributed by atoms with van der Waals surface area (Å²) in [5.74, 6) is 0.804. The van der Waals surface area contributed by atoms with Gasteiger partial charge in [0.25, 0.3) is 0 Å². The highest BCUT2D eigenvalue weighted by atomic mass is 15.1. The maximum atomic E-state index is 5.88. The van der Waals surface area contributed by atoms with Crippen molar-refractivity contribution < 1.29 is 0 Å². The molecule has 3 heteroatoms. The lowest BCUT2D eigenvalue weighted by atomic mass is 9.79. The summed E-state index contributed by atoms with van der Waals surface area (Å²) < 4.78 is 0. The molecule has 1 atom stereocenters. The molecule has 1 unspecified atom stereocenters. The van der Waals surface area contributed by atoms with Crippen LogP contribution in [0.25, 0.3) is 0 Å². The lowest BCUT2D eigenvalue weighted by Crippen LogP contribution is -2.45. The Kier molecular flexibility index (Phi) is 3.91. The van der Waals surface area contributed by atoms with Gasteiger partial charge in [-0.2, -0.15) is 0 Å². The lowest BCUT2D eigenvalue weighted by Gasteiger charge is -2.38. The third-order valence-electron chi connectivity index (χ3n) is 3.64. The Morgan fingerprint density at radius 1 is 1.50 bits per heavy atom. The normalized spacial score (nSPS) is 18.4.